The van der Waals surface area contributed by atoms with E-state index in [1.807, 2.05) is 54.6 Å². The second kappa shape index (κ2) is 7.35. The van der Waals surface area contributed by atoms with Gasteiger partial charge in [0.15, 0.2) is 5.78 Å². The Kier molecular flexibility index (Phi) is 4.72. The lowest BCUT2D eigenvalue weighted by Crippen LogP contribution is -2.53. The van der Waals surface area contributed by atoms with Crippen molar-refractivity contribution in [1.82, 2.24) is 0 Å². The predicted molar refractivity (Wildman–Crippen MR) is 127 cm³/mol. The molecule has 2 atom stereocenters. The molecule has 162 valence electrons. The number of hydrogen-bond acceptors (Lipinski definition) is 4. The predicted octanol–water partition coefficient (Wildman–Crippen LogP) is 6.07. The maximum Gasteiger partial charge on any atom is 0.209 e. The number of hydrogen-bond donors (Lipinski definition) is 1. The van der Waals surface area contributed by atoms with Gasteiger partial charge in [0.05, 0.1) is 5.41 Å². The van der Waals surface area contributed by atoms with Gasteiger partial charge in [0, 0.05) is 23.9 Å². The van der Waals surface area contributed by atoms with Crippen molar-refractivity contribution in [2.24, 2.45) is 0 Å². The van der Waals surface area contributed by atoms with Gasteiger partial charge in [0.25, 0.3) is 0 Å². The zero-order chi connectivity index (χ0) is 22.5. The molecule has 5 rings (SSSR count). The normalized spacial score (nSPS) is 20.8. The quantitative estimate of drug-likeness (QED) is 0.515. The van der Waals surface area contributed by atoms with Gasteiger partial charge in [-0.1, -0.05) is 48.0 Å². The van der Waals surface area contributed by atoms with Crippen molar-refractivity contribution >= 4 is 17.5 Å². The maximum absolute atomic E-state index is 13.2. The molecule has 0 aromatic heterocycles. The van der Waals surface area contributed by atoms with E-state index in [0.717, 1.165) is 22.6 Å². The Labute approximate surface area is 188 Å². The van der Waals surface area contributed by atoms with E-state index >= 15 is 0 Å². The van der Waals surface area contributed by atoms with Gasteiger partial charge in [-0.25, -0.2) is 0 Å². The molecule has 2 heterocycles. The lowest BCUT2D eigenvalue weighted by molar-refractivity contribution is 0.0603. The van der Waals surface area contributed by atoms with Crippen molar-refractivity contribution < 1.29 is 14.3 Å². The van der Waals surface area contributed by atoms with Gasteiger partial charge >= 0.3 is 0 Å². The minimum Gasteiger partial charge on any atom is -0.463 e. The van der Waals surface area contributed by atoms with Crippen LogP contribution in [0.3, 0.4) is 0 Å². The van der Waals surface area contributed by atoms with Crippen molar-refractivity contribution in [2.75, 3.05) is 12.4 Å². The van der Waals surface area contributed by atoms with Crippen LogP contribution in [-0.2, 0) is 10.2 Å². The van der Waals surface area contributed by atoms with Crippen LogP contribution >= 0.6 is 0 Å². The number of benzene rings is 3. The summed E-state index contributed by atoms with van der Waals surface area (Å²) in [5.41, 5.74) is 4.93. The number of anilines is 1. The topological polar surface area (TPSA) is 47.6 Å². The van der Waals surface area contributed by atoms with Gasteiger partial charge in [-0.15, -0.1) is 0 Å². The van der Waals surface area contributed by atoms with Crippen LogP contribution in [0.25, 0.3) is 6.08 Å². The highest BCUT2D eigenvalue weighted by molar-refractivity contribution is 6.00. The molecule has 1 N–H and O–H groups in total. The average molecular weight is 426 g/mol. The Hall–Kier alpha value is -3.37. The molecular weight excluding hydrogens is 398 g/mol. The third-order valence-corrected chi connectivity index (χ3v) is 6.74. The summed E-state index contributed by atoms with van der Waals surface area (Å²) < 4.78 is 12.1. The number of ether oxygens (including phenoxy) is 2. The standard InChI is InChI=1S/C28H27NO3/c1-18-10-12-23-22(16-18)27(2,3)28(29-23)15-14-20-17-21(11-13-24(20)32-28)25(30)26(31-4)19-8-6-5-7-9-19/h5-17,26,29H,1-4H3. The fourth-order valence-electron chi connectivity index (χ4n) is 4.76. The fourth-order valence-corrected chi connectivity index (χ4v) is 4.76. The van der Waals surface area contributed by atoms with Crippen molar-refractivity contribution in [3.63, 3.8) is 0 Å². The molecule has 4 nitrogen and oxygen atoms in total. The van der Waals surface area contributed by atoms with Crippen LogP contribution in [-0.4, -0.2) is 18.6 Å². The Morgan fingerprint density at radius 3 is 2.56 bits per heavy atom. The van der Waals surface area contributed by atoms with Crippen LogP contribution in [0, 0.1) is 6.92 Å². The van der Waals surface area contributed by atoms with Crippen molar-refractivity contribution in [2.45, 2.75) is 38.0 Å². The summed E-state index contributed by atoms with van der Waals surface area (Å²) in [6, 6.07) is 21.6. The van der Waals surface area contributed by atoms with E-state index in [1.54, 1.807) is 7.11 Å². The van der Waals surface area contributed by atoms with Crippen molar-refractivity contribution in [1.29, 1.82) is 0 Å². The fraction of sp³-hybridized carbons (Fsp3) is 0.250. The lowest BCUT2D eigenvalue weighted by atomic mass is 9.76. The van der Waals surface area contributed by atoms with Crippen LogP contribution in [0.2, 0.25) is 0 Å². The summed E-state index contributed by atoms with van der Waals surface area (Å²) in [7, 11) is 1.56. The molecule has 0 radical (unpaired) electrons. The van der Waals surface area contributed by atoms with E-state index in [2.05, 4.69) is 50.4 Å². The van der Waals surface area contributed by atoms with E-state index < -0.39 is 11.8 Å². The second-order valence-corrected chi connectivity index (χ2v) is 9.11. The number of fused-ring (bicyclic) bond motifs is 2. The van der Waals surface area contributed by atoms with Crippen LogP contribution in [0.4, 0.5) is 5.69 Å². The molecule has 4 heteroatoms. The van der Waals surface area contributed by atoms with E-state index in [9.17, 15) is 4.79 Å². The molecule has 0 saturated carbocycles. The van der Waals surface area contributed by atoms with E-state index in [4.69, 9.17) is 9.47 Å². The van der Waals surface area contributed by atoms with Crippen LogP contribution in [0.5, 0.6) is 5.75 Å². The molecular formula is C28H27NO3. The largest absolute Gasteiger partial charge is 0.463 e. The first-order valence-electron chi connectivity index (χ1n) is 10.9. The van der Waals surface area contributed by atoms with Gasteiger partial charge in [0.1, 0.15) is 11.9 Å². The molecule has 3 aromatic carbocycles. The van der Waals surface area contributed by atoms with E-state index in [0.29, 0.717) is 5.56 Å². The number of ketones is 1. The molecule has 2 aliphatic heterocycles. The van der Waals surface area contributed by atoms with Crippen molar-refractivity contribution in [3.8, 4) is 5.75 Å². The van der Waals surface area contributed by atoms with Gasteiger partial charge in [-0.3, -0.25) is 4.79 Å². The number of nitrogens with one attached hydrogen (secondary N) is 1. The van der Waals surface area contributed by atoms with E-state index in [1.165, 1.54) is 11.1 Å². The smallest absolute Gasteiger partial charge is 0.209 e. The first-order chi connectivity index (χ1) is 15.3. The summed E-state index contributed by atoms with van der Waals surface area (Å²) in [5, 5.41) is 3.60. The number of methoxy groups -OCH3 is 1. The molecule has 32 heavy (non-hydrogen) atoms. The Morgan fingerprint density at radius 2 is 1.81 bits per heavy atom. The average Bonchev–Trinajstić information content (AvgIpc) is 3.00. The highest BCUT2D eigenvalue weighted by atomic mass is 16.5. The van der Waals surface area contributed by atoms with Gasteiger partial charge in [-0.2, -0.15) is 0 Å². The molecule has 0 amide bonds. The molecule has 2 aliphatic rings. The number of carbonyl (C=O) groups excluding carboxylic acids is 1. The summed E-state index contributed by atoms with van der Waals surface area (Å²) in [6.45, 7) is 6.50. The number of rotatable bonds is 4. The summed E-state index contributed by atoms with van der Waals surface area (Å²) >= 11 is 0. The molecule has 0 saturated heterocycles. The number of aryl methyl sites for hydroxylation is 1. The highest BCUT2D eigenvalue weighted by Crippen LogP contribution is 2.51. The Balaban J connectivity index is 1.46. The molecule has 2 unspecified atom stereocenters. The third kappa shape index (κ3) is 3.06. The minimum atomic E-state index is -0.680. The summed E-state index contributed by atoms with van der Waals surface area (Å²) in [5.74, 6) is 0.681. The third-order valence-electron chi connectivity index (χ3n) is 6.74. The molecule has 0 fully saturated rings. The monoisotopic (exact) mass is 425 g/mol. The number of Topliss-reactive ketones (excluding diaryl/α,β-unsaturated/α-hetero) is 1. The van der Waals surface area contributed by atoms with E-state index in [-0.39, 0.29) is 11.2 Å². The lowest BCUT2D eigenvalue weighted by Gasteiger charge is -2.41. The number of carbonyl (C=O) groups is 1. The van der Waals surface area contributed by atoms with Crippen LogP contribution < -0.4 is 10.1 Å². The van der Waals surface area contributed by atoms with Crippen LogP contribution in [0.1, 0.15) is 52.6 Å². The summed E-state index contributed by atoms with van der Waals surface area (Å²) in [4.78, 5) is 13.2. The highest BCUT2D eigenvalue weighted by Gasteiger charge is 2.54. The van der Waals surface area contributed by atoms with Gasteiger partial charge in [0.2, 0.25) is 5.72 Å². The molecule has 1 spiro atoms. The SMILES string of the molecule is COC(C(=O)c1ccc2c(c1)C=CC1(Nc3ccc(C)cc3C1(C)C)O2)c1ccccc1. The molecule has 0 aliphatic carbocycles. The first-order valence-corrected chi connectivity index (χ1v) is 10.9. The maximum atomic E-state index is 13.2. The summed E-state index contributed by atoms with van der Waals surface area (Å²) in [6.07, 6.45) is 3.49. The zero-order valence-electron chi connectivity index (χ0n) is 18.8. The Bertz CT molecular complexity index is 1230. The van der Waals surface area contributed by atoms with Crippen LogP contribution in [0.15, 0.2) is 72.8 Å². The van der Waals surface area contributed by atoms with Crippen molar-refractivity contribution in [3.05, 3.63) is 101 Å². The Morgan fingerprint density at radius 1 is 1.03 bits per heavy atom. The van der Waals surface area contributed by atoms with Gasteiger partial charge < -0.3 is 14.8 Å². The minimum absolute atomic E-state index is 0.0719. The molecule has 3 aromatic rings. The molecule has 0 bridgehead atoms. The second-order valence-electron chi connectivity index (χ2n) is 9.11. The van der Waals surface area contributed by atoms with Gasteiger partial charge in [-0.05, 0) is 68.3 Å². The first kappa shape index (κ1) is 20.5. The zero-order valence-corrected chi connectivity index (χ0v) is 18.8.